The molecule has 0 aliphatic heterocycles. The number of rotatable bonds is 7. The van der Waals surface area contributed by atoms with Crippen molar-refractivity contribution in [2.45, 2.75) is 13.3 Å². The number of anilines is 1. The minimum absolute atomic E-state index is 0.0151. The van der Waals surface area contributed by atoms with Gasteiger partial charge in [-0.1, -0.05) is 18.8 Å². The molecule has 1 aromatic rings. The number of amides is 1. The molecule has 0 aromatic heterocycles. The zero-order chi connectivity index (χ0) is 15.5. The van der Waals surface area contributed by atoms with Gasteiger partial charge < -0.3 is 20.5 Å². The molecule has 1 aromatic carbocycles. The van der Waals surface area contributed by atoms with E-state index >= 15 is 0 Å². The third-order valence-electron chi connectivity index (χ3n) is 2.76. The van der Waals surface area contributed by atoms with Crippen molar-refractivity contribution in [1.82, 2.24) is 0 Å². The summed E-state index contributed by atoms with van der Waals surface area (Å²) >= 11 is 0. The lowest BCUT2D eigenvalue weighted by molar-refractivity contribution is -0.121. The molecule has 0 heterocycles. The summed E-state index contributed by atoms with van der Waals surface area (Å²) in [6.07, 6.45) is 0.804. The van der Waals surface area contributed by atoms with Crippen molar-refractivity contribution >= 4 is 11.6 Å². The number of nitrogens with two attached hydrogens (primary N) is 1. The Hall–Kier alpha value is -1.87. The van der Waals surface area contributed by atoms with Crippen LogP contribution in [0.25, 0.3) is 0 Å². The average molecular weight is 290 g/mol. The third kappa shape index (κ3) is 6.41. The Bertz CT molecular complexity index is 518. The van der Waals surface area contributed by atoms with E-state index in [0.29, 0.717) is 19.8 Å². The monoisotopic (exact) mass is 290 g/mol. The summed E-state index contributed by atoms with van der Waals surface area (Å²) in [5, 5.41) is 2.84. The molecule has 5 nitrogen and oxygen atoms in total. The molecule has 0 radical (unpaired) electrons. The summed E-state index contributed by atoms with van der Waals surface area (Å²) in [4.78, 5) is 11.8. The van der Waals surface area contributed by atoms with Gasteiger partial charge in [0.2, 0.25) is 5.91 Å². The first-order chi connectivity index (χ1) is 10.2. The predicted molar refractivity (Wildman–Crippen MR) is 83.1 cm³/mol. The molecule has 0 spiro atoms. The zero-order valence-corrected chi connectivity index (χ0v) is 12.6. The first kappa shape index (κ1) is 17.2. The van der Waals surface area contributed by atoms with Gasteiger partial charge in [0, 0.05) is 18.4 Å². The maximum absolute atomic E-state index is 11.8. The third-order valence-corrected chi connectivity index (χ3v) is 2.76. The molecular formula is C16H22N2O3. The van der Waals surface area contributed by atoms with Crippen LogP contribution in [0.3, 0.4) is 0 Å². The van der Waals surface area contributed by atoms with Gasteiger partial charge in [-0.15, -0.1) is 0 Å². The largest absolute Gasteiger partial charge is 0.382 e. The van der Waals surface area contributed by atoms with Gasteiger partial charge in [0.1, 0.15) is 6.61 Å². The SMILES string of the molecule is CCc1cc(C#CCN)ccc1NC(=O)COCCOC. The fourth-order valence-corrected chi connectivity index (χ4v) is 1.73. The number of hydrogen-bond donors (Lipinski definition) is 2. The zero-order valence-electron chi connectivity index (χ0n) is 12.6. The lowest BCUT2D eigenvalue weighted by Crippen LogP contribution is -2.20. The van der Waals surface area contributed by atoms with Crippen molar-refractivity contribution in [2.75, 3.05) is 38.8 Å². The van der Waals surface area contributed by atoms with Gasteiger partial charge >= 0.3 is 0 Å². The molecule has 0 aliphatic carbocycles. The lowest BCUT2D eigenvalue weighted by atomic mass is 10.1. The summed E-state index contributed by atoms with van der Waals surface area (Å²) in [5.41, 5.74) is 8.07. The molecule has 1 rings (SSSR count). The lowest BCUT2D eigenvalue weighted by Gasteiger charge is -2.10. The second-order valence-electron chi connectivity index (χ2n) is 4.32. The van der Waals surface area contributed by atoms with Gasteiger partial charge in [0.15, 0.2) is 0 Å². The van der Waals surface area contributed by atoms with Crippen LogP contribution in [0, 0.1) is 11.8 Å². The molecule has 0 unspecified atom stereocenters. The Kier molecular flexibility index (Phi) is 8.14. The van der Waals surface area contributed by atoms with Crippen LogP contribution in [-0.4, -0.2) is 39.4 Å². The van der Waals surface area contributed by atoms with E-state index in [9.17, 15) is 4.79 Å². The number of hydrogen-bond acceptors (Lipinski definition) is 4. The highest BCUT2D eigenvalue weighted by Gasteiger charge is 2.06. The highest BCUT2D eigenvalue weighted by molar-refractivity contribution is 5.92. The van der Waals surface area contributed by atoms with E-state index in [4.69, 9.17) is 15.2 Å². The predicted octanol–water partition coefficient (Wildman–Crippen LogP) is 1.16. The normalized spacial score (nSPS) is 9.86. The second-order valence-corrected chi connectivity index (χ2v) is 4.32. The van der Waals surface area contributed by atoms with E-state index < -0.39 is 0 Å². The van der Waals surface area contributed by atoms with Crippen LogP contribution < -0.4 is 11.1 Å². The summed E-state index contributed by atoms with van der Waals surface area (Å²) in [6.45, 7) is 3.25. The van der Waals surface area contributed by atoms with Gasteiger partial charge in [0.05, 0.1) is 19.8 Å². The van der Waals surface area contributed by atoms with Crippen LogP contribution in [0.4, 0.5) is 5.69 Å². The average Bonchev–Trinajstić information content (AvgIpc) is 2.50. The minimum atomic E-state index is -0.179. The highest BCUT2D eigenvalue weighted by atomic mass is 16.5. The molecule has 3 N–H and O–H groups in total. The molecule has 21 heavy (non-hydrogen) atoms. The van der Waals surface area contributed by atoms with Crippen LogP contribution in [0.15, 0.2) is 18.2 Å². The standard InChI is InChI=1S/C16H22N2O3/c1-3-14-11-13(5-4-8-17)6-7-15(14)18-16(19)12-21-10-9-20-2/h6-7,11H,3,8-10,12,17H2,1-2H3,(H,18,19). The number of benzene rings is 1. The number of methoxy groups -OCH3 is 1. The minimum Gasteiger partial charge on any atom is -0.382 e. The van der Waals surface area contributed by atoms with E-state index in [1.165, 1.54) is 0 Å². The fourth-order valence-electron chi connectivity index (χ4n) is 1.73. The Morgan fingerprint density at radius 1 is 1.38 bits per heavy atom. The van der Waals surface area contributed by atoms with Crippen LogP contribution >= 0.6 is 0 Å². The molecular weight excluding hydrogens is 268 g/mol. The Morgan fingerprint density at radius 3 is 2.86 bits per heavy atom. The smallest absolute Gasteiger partial charge is 0.250 e. The second kappa shape index (κ2) is 9.94. The number of carbonyl (C=O) groups excluding carboxylic acids is 1. The van der Waals surface area contributed by atoms with Crippen LogP contribution in [0.2, 0.25) is 0 Å². The van der Waals surface area contributed by atoms with Gasteiger partial charge in [-0.05, 0) is 30.2 Å². The van der Waals surface area contributed by atoms with Gasteiger partial charge in [-0.2, -0.15) is 0 Å². The molecule has 0 saturated carbocycles. The number of aryl methyl sites for hydroxylation is 1. The maximum Gasteiger partial charge on any atom is 0.250 e. The summed E-state index contributed by atoms with van der Waals surface area (Å²) < 4.78 is 10.0. The van der Waals surface area contributed by atoms with E-state index in [2.05, 4.69) is 17.2 Å². The first-order valence-electron chi connectivity index (χ1n) is 6.89. The van der Waals surface area contributed by atoms with E-state index in [-0.39, 0.29) is 12.5 Å². The van der Waals surface area contributed by atoms with Crippen molar-refractivity contribution in [2.24, 2.45) is 5.73 Å². The first-order valence-corrected chi connectivity index (χ1v) is 6.89. The summed E-state index contributed by atoms with van der Waals surface area (Å²) in [6, 6.07) is 5.68. The number of nitrogens with one attached hydrogen (secondary N) is 1. The van der Waals surface area contributed by atoms with Crippen LogP contribution in [0.5, 0.6) is 0 Å². The van der Waals surface area contributed by atoms with Gasteiger partial charge in [-0.3, -0.25) is 4.79 Å². The summed E-state index contributed by atoms with van der Waals surface area (Å²) in [5.74, 6) is 5.62. The van der Waals surface area contributed by atoms with E-state index in [0.717, 1.165) is 23.2 Å². The highest BCUT2D eigenvalue weighted by Crippen LogP contribution is 2.18. The van der Waals surface area contributed by atoms with Gasteiger partial charge in [-0.25, -0.2) is 0 Å². The molecule has 1 amide bonds. The topological polar surface area (TPSA) is 73.6 Å². The Morgan fingerprint density at radius 2 is 2.19 bits per heavy atom. The molecule has 5 heteroatoms. The molecule has 0 bridgehead atoms. The van der Waals surface area contributed by atoms with Crippen molar-refractivity contribution in [3.63, 3.8) is 0 Å². The van der Waals surface area contributed by atoms with Crippen molar-refractivity contribution in [3.05, 3.63) is 29.3 Å². The van der Waals surface area contributed by atoms with Crippen molar-refractivity contribution in [1.29, 1.82) is 0 Å². The Labute approximate surface area is 125 Å². The summed E-state index contributed by atoms with van der Waals surface area (Å²) in [7, 11) is 1.59. The molecule has 0 fully saturated rings. The van der Waals surface area contributed by atoms with E-state index in [1.807, 2.05) is 25.1 Å². The Balaban J connectivity index is 2.63. The molecule has 0 saturated heterocycles. The van der Waals surface area contributed by atoms with Crippen LogP contribution in [-0.2, 0) is 20.7 Å². The number of ether oxygens (including phenoxy) is 2. The quantitative estimate of drug-likeness (QED) is 0.584. The van der Waals surface area contributed by atoms with Crippen LogP contribution in [0.1, 0.15) is 18.1 Å². The molecule has 0 aliphatic rings. The van der Waals surface area contributed by atoms with Crippen molar-refractivity contribution < 1.29 is 14.3 Å². The maximum atomic E-state index is 11.8. The van der Waals surface area contributed by atoms with Crippen molar-refractivity contribution in [3.8, 4) is 11.8 Å². The fraction of sp³-hybridized carbons (Fsp3) is 0.438. The van der Waals surface area contributed by atoms with Gasteiger partial charge in [0.25, 0.3) is 0 Å². The number of carbonyl (C=O) groups is 1. The van der Waals surface area contributed by atoms with E-state index in [1.54, 1.807) is 7.11 Å². The molecule has 0 atom stereocenters. The molecule has 114 valence electrons.